The van der Waals surface area contributed by atoms with E-state index in [1.807, 2.05) is 0 Å². The maximum Gasteiger partial charge on any atom is 0.146 e. The van der Waals surface area contributed by atoms with Gasteiger partial charge in [0.15, 0.2) is 0 Å². The lowest BCUT2D eigenvalue weighted by molar-refractivity contribution is 0.180. The molecule has 1 aromatic rings. The van der Waals surface area contributed by atoms with Gasteiger partial charge >= 0.3 is 0 Å². The molecule has 5 heteroatoms. The molecule has 0 aliphatic heterocycles. The van der Waals surface area contributed by atoms with E-state index in [1.165, 1.54) is 0 Å². The number of methoxy groups -OCH3 is 1. The highest BCUT2D eigenvalue weighted by atomic mass is 127. The highest BCUT2D eigenvalue weighted by Gasteiger charge is 2.13. The van der Waals surface area contributed by atoms with E-state index in [0.717, 1.165) is 21.5 Å². The van der Waals surface area contributed by atoms with Gasteiger partial charge in [-0.3, -0.25) is 0 Å². The monoisotopic (exact) mass is 340 g/mol. The molecular weight excluding hydrogens is 326 g/mol. The summed E-state index contributed by atoms with van der Waals surface area (Å²) in [4.78, 5) is 8.74. The maximum atomic E-state index is 6.04. The zero-order valence-corrected chi connectivity index (χ0v) is 12.0. The van der Waals surface area contributed by atoms with Crippen molar-refractivity contribution in [2.75, 3.05) is 7.11 Å². The van der Waals surface area contributed by atoms with Crippen molar-refractivity contribution in [1.29, 1.82) is 0 Å². The summed E-state index contributed by atoms with van der Waals surface area (Å²) in [6, 6.07) is 0. The molecule has 1 unspecified atom stereocenters. The molecule has 0 saturated heterocycles. The third kappa shape index (κ3) is 3.26. The Kier molecular flexibility index (Phi) is 5.22. The molecule has 0 radical (unpaired) electrons. The Labute approximate surface area is 109 Å². The van der Waals surface area contributed by atoms with Crippen molar-refractivity contribution in [2.24, 2.45) is 0 Å². The second-order valence-corrected chi connectivity index (χ2v) is 4.81. The van der Waals surface area contributed by atoms with E-state index >= 15 is 0 Å². The first kappa shape index (κ1) is 13.1. The number of nitrogens with zero attached hydrogens (tertiary/aromatic N) is 2. The SMILES string of the molecule is CCC(C)c1nc(Cl)c(I)c(COC)n1. The van der Waals surface area contributed by atoms with Crippen molar-refractivity contribution in [2.45, 2.75) is 32.8 Å². The maximum absolute atomic E-state index is 6.04. The summed E-state index contributed by atoms with van der Waals surface area (Å²) in [5.74, 6) is 1.13. The number of ether oxygens (including phenoxy) is 1. The van der Waals surface area contributed by atoms with E-state index in [1.54, 1.807) is 7.11 Å². The minimum atomic E-state index is 0.329. The van der Waals surface area contributed by atoms with Gasteiger partial charge in [0, 0.05) is 13.0 Å². The lowest BCUT2D eigenvalue weighted by atomic mass is 10.1. The average Bonchev–Trinajstić information content (AvgIpc) is 2.23. The fraction of sp³-hybridized carbons (Fsp3) is 0.600. The van der Waals surface area contributed by atoms with Gasteiger partial charge in [-0.2, -0.15) is 0 Å². The molecule has 0 aromatic carbocycles. The topological polar surface area (TPSA) is 35.0 Å². The summed E-state index contributed by atoms with van der Waals surface area (Å²) in [6.07, 6.45) is 1.00. The molecule has 0 aliphatic carbocycles. The number of halogens is 2. The molecule has 1 rings (SSSR count). The van der Waals surface area contributed by atoms with E-state index < -0.39 is 0 Å². The summed E-state index contributed by atoms with van der Waals surface area (Å²) in [6.45, 7) is 4.68. The molecule has 0 saturated carbocycles. The number of rotatable bonds is 4. The first-order valence-corrected chi connectivity index (χ1v) is 6.26. The molecule has 3 nitrogen and oxygen atoms in total. The fourth-order valence-corrected chi connectivity index (χ4v) is 1.71. The van der Waals surface area contributed by atoms with Gasteiger partial charge in [0.25, 0.3) is 0 Å². The quantitative estimate of drug-likeness (QED) is 0.622. The summed E-state index contributed by atoms with van der Waals surface area (Å²) in [5, 5.41) is 0.521. The zero-order valence-electron chi connectivity index (χ0n) is 9.05. The summed E-state index contributed by atoms with van der Waals surface area (Å²) in [7, 11) is 1.65. The molecule has 0 N–H and O–H groups in total. The molecule has 0 fully saturated rings. The van der Waals surface area contributed by atoms with Gasteiger partial charge in [-0.25, -0.2) is 9.97 Å². The van der Waals surface area contributed by atoms with E-state index in [9.17, 15) is 0 Å². The highest BCUT2D eigenvalue weighted by Crippen LogP contribution is 2.23. The standard InChI is InChI=1S/C10H14ClIN2O/c1-4-6(2)10-13-7(5-15-3)8(12)9(11)14-10/h6H,4-5H2,1-3H3. The molecule has 0 spiro atoms. The molecule has 84 valence electrons. The zero-order chi connectivity index (χ0) is 11.4. The minimum absolute atomic E-state index is 0.329. The van der Waals surface area contributed by atoms with Crippen LogP contribution in [-0.4, -0.2) is 17.1 Å². The second-order valence-electron chi connectivity index (χ2n) is 3.38. The first-order valence-electron chi connectivity index (χ1n) is 4.80. The van der Waals surface area contributed by atoms with E-state index in [4.69, 9.17) is 16.3 Å². The Morgan fingerprint density at radius 1 is 1.47 bits per heavy atom. The van der Waals surface area contributed by atoms with Gasteiger partial charge in [0.05, 0.1) is 15.9 Å². The smallest absolute Gasteiger partial charge is 0.146 e. The molecule has 0 bridgehead atoms. The van der Waals surface area contributed by atoms with E-state index in [2.05, 4.69) is 46.4 Å². The predicted octanol–water partition coefficient (Wildman–Crippen LogP) is 3.39. The van der Waals surface area contributed by atoms with Gasteiger partial charge in [-0.15, -0.1) is 0 Å². The minimum Gasteiger partial charge on any atom is -0.378 e. The highest BCUT2D eigenvalue weighted by molar-refractivity contribution is 14.1. The Bertz CT molecular complexity index is 346. The van der Waals surface area contributed by atoms with Gasteiger partial charge in [-0.05, 0) is 29.0 Å². The van der Waals surface area contributed by atoms with Crippen LogP contribution >= 0.6 is 34.2 Å². The molecule has 0 aliphatic rings. The average molecular weight is 341 g/mol. The van der Waals surface area contributed by atoms with Crippen LogP contribution in [0.3, 0.4) is 0 Å². The van der Waals surface area contributed by atoms with Crippen molar-refractivity contribution < 1.29 is 4.74 Å². The van der Waals surface area contributed by atoms with Gasteiger partial charge in [-0.1, -0.05) is 25.4 Å². The molecular formula is C10H14ClIN2O. The predicted molar refractivity (Wildman–Crippen MR) is 69.2 cm³/mol. The van der Waals surface area contributed by atoms with Crippen LogP contribution in [0.1, 0.15) is 37.7 Å². The molecule has 1 heterocycles. The summed E-state index contributed by atoms with van der Waals surface area (Å²) < 4.78 is 5.96. The Hall–Kier alpha value is 0.0600. The second kappa shape index (κ2) is 5.96. The van der Waals surface area contributed by atoms with Crippen LogP contribution in [0.4, 0.5) is 0 Å². The molecule has 1 atom stereocenters. The Balaban J connectivity index is 3.11. The summed E-state index contributed by atoms with van der Waals surface area (Å²) >= 11 is 8.19. The van der Waals surface area contributed by atoms with E-state index in [-0.39, 0.29) is 0 Å². The lowest BCUT2D eigenvalue weighted by Crippen LogP contribution is -2.07. The van der Waals surface area contributed by atoms with Crippen molar-refractivity contribution in [3.63, 3.8) is 0 Å². The fourth-order valence-electron chi connectivity index (χ4n) is 1.12. The number of aromatic nitrogens is 2. The van der Waals surface area contributed by atoms with Crippen LogP contribution < -0.4 is 0 Å². The Morgan fingerprint density at radius 2 is 2.13 bits per heavy atom. The van der Waals surface area contributed by atoms with Crippen LogP contribution in [-0.2, 0) is 11.3 Å². The largest absolute Gasteiger partial charge is 0.378 e. The van der Waals surface area contributed by atoms with E-state index in [0.29, 0.717) is 17.7 Å². The van der Waals surface area contributed by atoms with Gasteiger partial charge in [0.2, 0.25) is 0 Å². The first-order chi connectivity index (χ1) is 7.10. The van der Waals surface area contributed by atoms with Crippen molar-refractivity contribution >= 4 is 34.2 Å². The molecule has 1 aromatic heterocycles. The van der Waals surface area contributed by atoms with Crippen LogP contribution in [0.25, 0.3) is 0 Å². The third-order valence-electron chi connectivity index (χ3n) is 2.23. The third-order valence-corrected chi connectivity index (χ3v) is 3.96. The van der Waals surface area contributed by atoms with Crippen LogP contribution in [0.5, 0.6) is 0 Å². The van der Waals surface area contributed by atoms with Crippen LogP contribution in [0, 0.1) is 3.57 Å². The summed E-state index contributed by atoms with van der Waals surface area (Å²) in [5.41, 5.74) is 0.869. The molecule has 0 amide bonds. The van der Waals surface area contributed by atoms with Gasteiger partial charge < -0.3 is 4.74 Å². The number of hydrogen-bond acceptors (Lipinski definition) is 3. The molecule has 15 heavy (non-hydrogen) atoms. The lowest BCUT2D eigenvalue weighted by Gasteiger charge is -2.11. The van der Waals surface area contributed by atoms with Crippen molar-refractivity contribution in [3.05, 3.63) is 20.2 Å². The van der Waals surface area contributed by atoms with Gasteiger partial charge in [0.1, 0.15) is 11.0 Å². The van der Waals surface area contributed by atoms with Crippen molar-refractivity contribution in [1.82, 2.24) is 9.97 Å². The van der Waals surface area contributed by atoms with Crippen molar-refractivity contribution in [3.8, 4) is 0 Å². The Morgan fingerprint density at radius 3 is 2.67 bits per heavy atom. The van der Waals surface area contributed by atoms with Crippen LogP contribution in [0.15, 0.2) is 0 Å². The normalized spacial score (nSPS) is 12.9. The number of hydrogen-bond donors (Lipinski definition) is 0. The van der Waals surface area contributed by atoms with Crippen LogP contribution in [0.2, 0.25) is 5.15 Å².